The van der Waals surface area contributed by atoms with E-state index in [1.54, 1.807) is 18.2 Å². The van der Waals surface area contributed by atoms with Crippen LogP contribution in [0, 0.1) is 0 Å². The first-order chi connectivity index (χ1) is 16.8. The summed E-state index contributed by atoms with van der Waals surface area (Å²) in [6.45, 7) is 0.839. The Kier molecular flexibility index (Phi) is 7.34. The monoisotopic (exact) mass is 487 g/mol. The lowest BCUT2D eigenvalue weighted by atomic mass is 9.99. The summed E-state index contributed by atoms with van der Waals surface area (Å²) in [5.74, 6) is -0.627. The Hall–Kier alpha value is -3.87. The molecule has 4 rings (SSSR count). The Labute approximate surface area is 209 Å². The summed E-state index contributed by atoms with van der Waals surface area (Å²) in [6, 6.07) is 21.1. The highest BCUT2D eigenvalue weighted by molar-refractivity contribution is 6.38. The standard InChI is InChI=1S/C28H26ClN3O3/c1-32(2)17-19-6-12-22(13-7-19)30-27(20-9-4-18(5-10-20)8-15-25(33)35-3)26-23-14-11-21(29)16-24(23)31-28(26)34/h4-16,30H,17H2,1-3H3,(H,31,34). The van der Waals surface area contributed by atoms with Crippen LogP contribution in [0.15, 0.2) is 72.8 Å². The van der Waals surface area contributed by atoms with Crippen LogP contribution in [0.2, 0.25) is 5.02 Å². The third-order valence-corrected chi connectivity index (χ3v) is 5.75. The molecule has 0 aromatic heterocycles. The molecule has 0 saturated heterocycles. The lowest BCUT2D eigenvalue weighted by Crippen LogP contribution is -2.11. The number of methoxy groups -OCH3 is 1. The van der Waals surface area contributed by atoms with Gasteiger partial charge in [-0.1, -0.05) is 54.1 Å². The number of nitrogens with one attached hydrogen (secondary N) is 2. The van der Waals surface area contributed by atoms with Crippen LogP contribution in [0.1, 0.15) is 22.3 Å². The van der Waals surface area contributed by atoms with E-state index in [9.17, 15) is 9.59 Å². The van der Waals surface area contributed by atoms with Crippen molar-refractivity contribution < 1.29 is 14.3 Å². The maximum Gasteiger partial charge on any atom is 0.330 e. The highest BCUT2D eigenvalue weighted by atomic mass is 35.5. The normalized spacial score (nSPS) is 14.1. The van der Waals surface area contributed by atoms with E-state index in [4.69, 9.17) is 11.6 Å². The number of benzene rings is 3. The van der Waals surface area contributed by atoms with Gasteiger partial charge in [-0.3, -0.25) is 4.79 Å². The largest absolute Gasteiger partial charge is 0.466 e. The van der Waals surface area contributed by atoms with Crippen LogP contribution >= 0.6 is 11.6 Å². The van der Waals surface area contributed by atoms with E-state index in [0.29, 0.717) is 22.0 Å². The van der Waals surface area contributed by atoms with Crippen molar-refractivity contribution in [3.05, 3.63) is 100 Å². The minimum Gasteiger partial charge on any atom is -0.466 e. The topological polar surface area (TPSA) is 70.7 Å². The maximum absolute atomic E-state index is 13.1. The van der Waals surface area contributed by atoms with Crippen molar-refractivity contribution in [2.45, 2.75) is 6.54 Å². The zero-order valence-electron chi connectivity index (χ0n) is 19.8. The Morgan fingerprint density at radius 3 is 2.43 bits per heavy atom. The number of esters is 1. The molecule has 0 unspecified atom stereocenters. The third-order valence-electron chi connectivity index (χ3n) is 5.51. The first-order valence-corrected chi connectivity index (χ1v) is 11.4. The molecule has 1 heterocycles. The van der Waals surface area contributed by atoms with Crippen LogP contribution < -0.4 is 10.6 Å². The number of hydrogen-bond donors (Lipinski definition) is 2. The van der Waals surface area contributed by atoms with Gasteiger partial charge in [0.25, 0.3) is 5.91 Å². The fraction of sp³-hybridized carbons (Fsp3) is 0.143. The van der Waals surface area contributed by atoms with E-state index in [-0.39, 0.29) is 5.91 Å². The molecule has 0 bridgehead atoms. The van der Waals surface area contributed by atoms with E-state index >= 15 is 0 Å². The molecule has 0 atom stereocenters. The third kappa shape index (κ3) is 5.80. The van der Waals surface area contributed by atoms with Gasteiger partial charge in [0.15, 0.2) is 0 Å². The van der Waals surface area contributed by atoms with Gasteiger partial charge in [-0.25, -0.2) is 4.79 Å². The molecule has 1 aliphatic heterocycles. The summed E-state index contributed by atoms with van der Waals surface area (Å²) in [4.78, 5) is 26.6. The van der Waals surface area contributed by atoms with Crippen LogP contribution in [0.5, 0.6) is 0 Å². The highest BCUT2D eigenvalue weighted by Crippen LogP contribution is 2.38. The summed E-state index contributed by atoms with van der Waals surface area (Å²) in [5.41, 5.74) is 6.37. The van der Waals surface area contributed by atoms with E-state index in [2.05, 4.69) is 32.4 Å². The number of amides is 1. The van der Waals surface area contributed by atoms with Crippen molar-refractivity contribution in [2.24, 2.45) is 0 Å². The quantitative estimate of drug-likeness (QED) is 0.339. The number of ether oxygens (including phenoxy) is 1. The first kappa shape index (κ1) is 24.3. The molecule has 6 nitrogen and oxygen atoms in total. The van der Waals surface area contributed by atoms with Gasteiger partial charge in [0, 0.05) is 28.9 Å². The van der Waals surface area contributed by atoms with Gasteiger partial charge >= 0.3 is 5.97 Å². The van der Waals surface area contributed by atoms with Crippen molar-refractivity contribution in [1.29, 1.82) is 0 Å². The second-order valence-corrected chi connectivity index (χ2v) is 8.87. The maximum atomic E-state index is 13.1. The van der Waals surface area contributed by atoms with Crippen LogP contribution in [-0.2, 0) is 20.9 Å². The number of rotatable bonds is 7. The van der Waals surface area contributed by atoms with Gasteiger partial charge in [0.05, 0.1) is 24.1 Å². The van der Waals surface area contributed by atoms with Crippen molar-refractivity contribution in [3.63, 3.8) is 0 Å². The van der Waals surface area contributed by atoms with Gasteiger partial charge in [0.2, 0.25) is 0 Å². The molecule has 1 amide bonds. The summed E-state index contributed by atoms with van der Waals surface area (Å²) < 4.78 is 4.65. The number of hydrogen-bond acceptors (Lipinski definition) is 5. The molecule has 0 fully saturated rings. The molecule has 35 heavy (non-hydrogen) atoms. The predicted octanol–water partition coefficient (Wildman–Crippen LogP) is 5.52. The number of fused-ring (bicyclic) bond motifs is 1. The molecule has 0 radical (unpaired) electrons. The molecule has 3 aromatic rings. The van der Waals surface area contributed by atoms with Crippen LogP contribution in [0.4, 0.5) is 11.4 Å². The molecule has 3 aromatic carbocycles. The summed E-state index contributed by atoms with van der Waals surface area (Å²) in [6.07, 6.45) is 3.05. The van der Waals surface area contributed by atoms with Crippen LogP contribution in [-0.4, -0.2) is 38.0 Å². The average molecular weight is 488 g/mol. The Morgan fingerprint density at radius 2 is 1.77 bits per heavy atom. The summed E-state index contributed by atoms with van der Waals surface area (Å²) in [7, 11) is 5.40. The van der Waals surface area contributed by atoms with Gasteiger partial charge in [-0.2, -0.15) is 0 Å². The van der Waals surface area contributed by atoms with Crippen molar-refractivity contribution >= 4 is 52.2 Å². The van der Waals surface area contributed by atoms with Gasteiger partial charge in [-0.05, 0) is 61.1 Å². The molecule has 0 spiro atoms. The van der Waals surface area contributed by atoms with Gasteiger partial charge in [0.1, 0.15) is 0 Å². The zero-order chi connectivity index (χ0) is 24.9. The first-order valence-electron chi connectivity index (χ1n) is 11.1. The second kappa shape index (κ2) is 10.6. The summed E-state index contributed by atoms with van der Waals surface area (Å²) >= 11 is 6.15. The summed E-state index contributed by atoms with van der Waals surface area (Å²) in [5, 5.41) is 6.93. The lowest BCUT2D eigenvalue weighted by molar-refractivity contribution is -0.134. The molecule has 178 valence electrons. The van der Waals surface area contributed by atoms with Gasteiger partial charge in [-0.15, -0.1) is 0 Å². The van der Waals surface area contributed by atoms with Crippen molar-refractivity contribution in [2.75, 3.05) is 31.8 Å². The predicted molar refractivity (Wildman–Crippen MR) is 142 cm³/mol. The molecule has 2 N–H and O–H groups in total. The van der Waals surface area contributed by atoms with E-state index < -0.39 is 5.97 Å². The Balaban J connectivity index is 1.75. The fourth-order valence-electron chi connectivity index (χ4n) is 3.87. The number of carbonyl (C=O) groups is 2. The molecular weight excluding hydrogens is 462 g/mol. The minimum absolute atomic E-state index is 0.205. The molecule has 0 saturated carbocycles. The van der Waals surface area contributed by atoms with E-state index in [1.165, 1.54) is 18.7 Å². The molecular formula is C28H26ClN3O3. The Morgan fingerprint density at radius 1 is 1.06 bits per heavy atom. The number of nitrogens with zero attached hydrogens (tertiary/aromatic N) is 1. The lowest BCUT2D eigenvalue weighted by Gasteiger charge is -2.16. The average Bonchev–Trinajstić information content (AvgIpc) is 3.16. The highest BCUT2D eigenvalue weighted by Gasteiger charge is 2.28. The number of carbonyl (C=O) groups excluding carboxylic acids is 2. The molecule has 0 aliphatic carbocycles. The van der Waals surface area contributed by atoms with Crippen LogP contribution in [0.3, 0.4) is 0 Å². The number of halogens is 1. The molecule has 1 aliphatic rings. The molecule has 7 heteroatoms. The number of anilines is 2. The van der Waals surface area contributed by atoms with Crippen molar-refractivity contribution in [3.8, 4) is 0 Å². The fourth-order valence-corrected chi connectivity index (χ4v) is 4.04. The van der Waals surface area contributed by atoms with E-state index in [1.807, 2.05) is 56.6 Å². The SMILES string of the molecule is COC(=O)C=Cc1ccc(C(Nc2ccc(CN(C)C)cc2)=C2C(=O)Nc3cc(Cl)ccc32)cc1. The van der Waals surface area contributed by atoms with Crippen LogP contribution in [0.25, 0.3) is 17.3 Å². The zero-order valence-corrected chi connectivity index (χ0v) is 20.5. The van der Waals surface area contributed by atoms with E-state index in [0.717, 1.165) is 28.9 Å². The minimum atomic E-state index is -0.422. The smallest absolute Gasteiger partial charge is 0.330 e. The Bertz CT molecular complexity index is 1310. The van der Waals surface area contributed by atoms with Gasteiger partial charge < -0.3 is 20.3 Å². The second-order valence-electron chi connectivity index (χ2n) is 8.43. The van der Waals surface area contributed by atoms with Crippen molar-refractivity contribution in [1.82, 2.24) is 4.90 Å².